The van der Waals surface area contributed by atoms with Gasteiger partial charge in [-0.2, -0.15) is 4.31 Å². The van der Waals surface area contributed by atoms with Gasteiger partial charge in [-0.3, -0.25) is 9.10 Å². The van der Waals surface area contributed by atoms with E-state index in [1.54, 1.807) is 24.3 Å². The van der Waals surface area contributed by atoms with E-state index in [2.05, 4.69) is 5.32 Å². The number of hydrogen-bond acceptors (Lipinski definition) is 6. The van der Waals surface area contributed by atoms with E-state index in [0.717, 1.165) is 22.7 Å². The van der Waals surface area contributed by atoms with Crippen molar-refractivity contribution >= 4 is 37.3 Å². The van der Waals surface area contributed by atoms with Gasteiger partial charge in [-0.15, -0.1) is 0 Å². The summed E-state index contributed by atoms with van der Waals surface area (Å²) in [6.45, 7) is 2.44. The highest BCUT2D eigenvalue weighted by Crippen LogP contribution is 2.25. The van der Waals surface area contributed by atoms with Crippen molar-refractivity contribution in [1.82, 2.24) is 4.31 Å². The SMILES string of the molecule is Cc1ccc(N(CCO)S(=O)(=O)c2ccc(NC(=O)c3ccc(S(=O)(=O)N4CCCC4)cc3)cc2)cc1. The lowest BCUT2D eigenvalue weighted by Gasteiger charge is -2.24. The molecule has 0 radical (unpaired) electrons. The number of anilines is 2. The predicted octanol–water partition coefficient (Wildman–Crippen LogP) is 3.22. The van der Waals surface area contributed by atoms with Crippen LogP contribution < -0.4 is 9.62 Å². The Labute approximate surface area is 217 Å². The fourth-order valence-corrected chi connectivity index (χ4v) is 7.06. The molecule has 1 heterocycles. The van der Waals surface area contributed by atoms with Crippen LogP contribution in [0.15, 0.2) is 82.6 Å². The number of aliphatic hydroxyl groups excluding tert-OH is 1. The molecule has 2 N–H and O–H groups in total. The highest BCUT2D eigenvalue weighted by Gasteiger charge is 2.27. The van der Waals surface area contributed by atoms with E-state index < -0.39 is 26.0 Å². The maximum Gasteiger partial charge on any atom is 0.264 e. The lowest BCUT2D eigenvalue weighted by molar-refractivity contribution is 0.102. The van der Waals surface area contributed by atoms with Crippen molar-refractivity contribution < 1.29 is 26.7 Å². The van der Waals surface area contributed by atoms with Crippen LogP contribution in [0, 0.1) is 6.92 Å². The van der Waals surface area contributed by atoms with E-state index in [4.69, 9.17) is 0 Å². The molecule has 11 heteroatoms. The van der Waals surface area contributed by atoms with Gasteiger partial charge in [-0.25, -0.2) is 16.8 Å². The zero-order valence-electron chi connectivity index (χ0n) is 20.4. The van der Waals surface area contributed by atoms with Gasteiger partial charge < -0.3 is 10.4 Å². The predicted molar refractivity (Wildman–Crippen MR) is 142 cm³/mol. The Morgan fingerprint density at radius 1 is 0.865 bits per heavy atom. The smallest absolute Gasteiger partial charge is 0.264 e. The van der Waals surface area contributed by atoms with Gasteiger partial charge in [0.15, 0.2) is 0 Å². The molecule has 0 aliphatic carbocycles. The van der Waals surface area contributed by atoms with Crippen LogP contribution in [0.2, 0.25) is 0 Å². The van der Waals surface area contributed by atoms with Crippen molar-refractivity contribution in [3.05, 3.63) is 83.9 Å². The standard InChI is InChI=1S/C26H29N3O6S2/c1-20-4-10-23(11-5-20)29(18-19-30)37(34,35)25-14-8-22(9-15-25)27-26(31)21-6-12-24(13-7-21)36(32,33)28-16-2-3-17-28/h4-15,30H,2-3,16-19H2,1H3,(H,27,31). The Bertz CT molecular complexity index is 1450. The summed E-state index contributed by atoms with van der Waals surface area (Å²) in [4.78, 5) is 12.8. The second kappa shape index (κ2) is 11.0. The maximum absolute atomic E-state index is 13.2. The van der Waals surface area contributed by atoms with Gasteiger partial charge in [0.05, 0.1) is 28.6 Å². The molecule has 1 aliphatic heterocycles. The van der Waals surface area contributed by atoms with Gasteiger partial charge >= 0.3 is 0 Å². The number of aliphatic hydroxyl groups is 1. The van der Waals surface area contributed by atoms with E-state index in [-0.39, 0.29) is 28.5 Å². The minimum absolute atomic E-state index is 0.0102. The average Bonchev–Trinajstić information content (AvgIpc) is 3.44. The molecule has 4 rings (SSSR count). The monoisotopic (exact) mass is 543 g/mol. The van der Waals surface area contributed by atoms with Crippen LogP contribution in [0.3, 0.4) is 0 Å². The van der Waals surface area contributed by atoms with Gasteiger partial charge in [0.2, 0.25) is 10.0 Å². The number of sulfonamides is 2. The third kappa shape index (κ3) is 5.85. The number of aryl methyl sites for hydroxylation is 1. The van der Waals surface area contributed by atoms with Gasteiger partial charge in [0, 0.05) is 24.3 Å². The number of carbonyl (C=O) groups excluding carboxylic acids is 1. The van der Waals surface area contributed by atoms with Crippen LogP contribution in [-0.2, 0) is 20.0 Å². The van der Waals surface area contributed by atoms with Crippen LogP contribution in [0.25, 0.3) is 0 Å². The minimum Gasteiger partial charge on any atom is -0.394 e. The molecular weight excluding hydrogens is 514 g/mol. The molecule has 1 saturated heterocycles. The molecule has 37 heavy (non-hydrogen) atoms. The van der Waals surface area contributed by atoms with E-state index in [1.807, 2.05) is 6.92 Å². The van der Waals surface area contributed by atoms with Gasteiger partial charge in [0.25, 0.3) is 15.9 Å². The van der Waals surface area contributed by atoms with Crippen LogP contribution in [0.1, 0.15) is 28.8 Å². The number of nitrogens with zero attached hydrogens (tertiary/aromatic N) is 2. The first-order valence-electron chi connectivity index (χ1n) is 11.8. The van der Waals surface area contributed by atoms with Crippen molar-refractivity contribution in [3.63, 3.8) is 0 Å². The highest BCUT2D eigenvalue weighted by atomic mass is 32.2. The van der Waals surface area contributed by atoms with E-state index in [1.165, 1.54) is 52.8 Å². The molecule has 3 aromatic carbocycles. The first-order chi connectivity index (χ1) is 17.6. The first kappa shape index (κ1) is 26.8. The molecule has 0 atom stereocenters. The Hall–Kier alpha value is -3.25. The van der Waals surface area contributed by atoms with Crippen molar-refractivity contribution in [2.24, 2.45) is 0 Å². The Morgan fingerprint density at radius 2 is 1.43 bits per heavy atom. The highest BCUT2D eigenvalue weighted by molar-refractivity contribution is 7.92. The summed E-state index contributed by atoms with van der Waals surface area (Å²) in [5, 5.41) is 12.1. The fraction of sp³-hybridized carbons (Fsp3) is 0.269. The summed E-state index contributed by atoms with van der Waals surface area (Å²) in [7, 11) is -7.52. The summed E-state index contributed by atoms with van der Waals surface area (Å²) < 4.78 is 54.4. The van der Waals surface area contributed by atoms with Crippen molar-refractivity contribution in [2.45, 2.75) is 29.6 Å². The normalized spacial score (nSPS) is 14.4. The molecule has 0 saturated carbocycles. The summed E-state index contributed by atoms with van der Waals surface area (Å²) in [6.07, 6.45) is 1.68. The topological polar surface area (TPSA) is 124 Å². The number of carbonyl (C=O) groups is 1. The van der Waals surface area contributed by atoms with Crippen LogP contribution in [-0.4, -0.2) is 58.4 Å². The number of benzene rings is 3. The molecule has 1 fully saturated rings. The lowest BCUT2D eigenvalue weighted by atomic mass is 10.2. The quantitative estimate of drug-likeness (QED) is 0.427. The average molecular weight is 544 g/mol. The Morgan fingerprint density at radius 3 is 2.00 bits per heavy atom. The maximum atomic E-state index is 13.2. The van der Waals surface area contributed by atoms with E-state index in [9.17, 15) is 26.7 Å². The zero-order chi connectivity index (χ0) is 26.6. The zero-order valence-corrected chi connectivity index (χ0v) is 22.0. The van der Waals surface area contributed by atoms with E-state index in [0.29, 0.717) is 24.5 Å². The molecule has 196 valence electrons. The summed E-state index contributed by atoms with van der Waals surface area (Å²) in [5.41, 5.74) is 2.06. The number of nitrogens with one attached hydrogen (secondary N) is 1. The van der Waals surface area contributed by atoms with Crippen LogP contribution in [0.5, 0.6) is 0 Å². The summed E-state index contributed by atoms with van der Waals surface area (Å²) in [5.74, 6) is -0.456. The van der Waals surface area contributed by atoms with Crippen molar-refractivity contribution in [3.8, 4) is 0 Å². The third-order valence-corrected chi connectivity index (χ3v) is 9.90. The molecule has 0 spiro atoms. The fourth-order valence-electron chi connectivity index (χ4n) is 4.09. The molecule has 0 unspecified atom stereocenters. The van der Waals surface area contributed by atoms with Crippen LogP contribution in [0.4, 0.5) is 11.4 Å². The second-order valence-corrected chi connectivity index (χ2v) is 12.6. The minimum atomic E-state index is -3.95. The summed E-state index contributed by atoms with van der Waals surface area (Å²) in [6, 6.07) is 18.4. The lowest BCUT2D eigenvalue weighted by Crippen LogP contribution is -2.33. The largest absolute Gasteiger partial charge is 0.394 e. The number of rotatable bonds is 9. The second-order valence-electron chi connectivity index (χ2n) is 8.75. The first-order valence-corrected chi connectivity index (χ1v) is 14.7. The number of hydrogen-bond donors (Lipinski definition) is 2. The third-order valence-electron chi connectivity index (χ3n) is 6.14. The number of amides is 1. The molecule has 0 aromatic heterocycles. The molecule has 1 aliphatic rings. The van der Waals surface area contributed by atoms with Crippen LogP contribution >= 0.6 is 0 Å². The van der Waals surface area contributed by atoms with Gasteiger partial charge in [-0.1, -0.05) is 17.7 Å². The van der Waals surface area contributed by atoms with Crippen molar-refractivity contribution in [1.29, 1.82) is 0 Å². The van der Waals surface area contributed by atoms with E-state index >= 15 is 0 Å². The summed E-state index contributed by atoms with van der Waals surface area (Å²) >= 11 is 0. The molecule has 1 amide bonds. The molecule has 9 nitrogen and oxygen atoms in total. The molecule has 0 bridgehead atoms. The molecular formula is C26H29N3O6S2. The van der Waals surface area contributed by atoms with Gasteiger partial charge in [0.1, 0.15) is 0 Å². The Balaban J connectivity index is 1.47. The van der Waals surface area contributed by atoms with Gasteiger partial charge in [-0.05, 0) is 80.4 Å². The Kier molecular flexibility index (Phi) is 7.98. The van der Waals surface area contributed by atoms with Crippen molar-refractivity contribution in [2.75, 3.05) is 35.9 Å². The molecule has 3 aromatic rings.